The molecule has 1 heterocycles. The number of benzene rings is 3. The highest BCUT2D eigenvalue weighted by Gasteiger charge is 2.32. The minimum atomic E-state index is -0.796. The van der Waals surface area contributed by atoms with Crippen molar-refractivity contribution in [2.75, 3.05) is 27.4 Å². The molecular weight excluding hydrogens is 741 g/mol. The number of allylic oxidation sites excluding steroid dienone is 1. The lowest BCUT2D eigenvalue weighted by molar-refractivity contribution is -0.384. The van der Waals surface area contributed by atoms with E-state index in [1.54, 1.807) is 56.3 Å². The molecular formula is C32H32IN5O10. The molecule has 0 radical (unpaired) electrons. The number of non-ortho nitro benzene ring substituents is 1. The number of nitrogens with one attached hydrogen (secondary N) is 3. The first-order chi connectivity index (χ1) is 23.0. The number of carbonyl (C=O) groups is 3. The molecule has 16 heteroatoms. The highest BCUT2D eigenvalue weighted by Crippen LogP contribution is 2.36. The van der Waals surface area contributed by atoms with Gasteiger partial charge in [-0.05, 0) is 89.5 Å². The number of carbonyl (C=O) groups excluding carboxylic acids is 3. The number of nitrogens with zero attached hydrogens (tertiary/aromatic N) is 2. The minimum absolute atomic E-state index is 0.00742. The Kier molecular flexibility index (Phi) is 12.1. The van der Waals surface area contributed by atoms with Crippen molar-refractivity contribution in [3.05, 3.63) is 96.2 Å². The highest BCUT2D eigenvalue weighted by molar-refractivity contribution is 14.1. The molecule has 0 unspecified atom stereocenters. The Hall–Kier alpha value is -5.39. The maximum Gasteiger partial charge on any atom is 0.338 e. The summed E-state index contributed by atoms with van der Waals surface area (Å²) in [6.45, 7) is 3.25. The normalized spacial score (nSPS) is 14.1. The molecule has 0 bridgehead atoms. The summed E-state index contributed by atoms with van der Waals surface area (Å²) >= 11 is 2.09. The first-order valence-electron chi connectivity index (χ1n) is 14.4. The molecule has 15 nitrogen and oxygen atoms in total. The van der Waals surface area contributed by atoms with Gasteiger partial charge in [0.05, 0.1) is 47.1 Å². The number of hydrogen-bond donors (Lipinski definition) is 3. The second-order valence-corrected chi connectivity index (χ2v) is 11.2. The number of rotatable bonds is 14. The molecule has 0 saturated carbocycles. The fraction of sp³-hybridized carbons (Fsp3) is 0.250. The van der Waals surface area contributed by atoms with Gasteiger partial charge in [0.15, 0.2) is 29.6 Å². The van der Waals surface area contributed by atoms with E-state index >= 15 is 0 Å². The molecule has 1 atom stereocenters. The van der Waals surface area contributed by atoms with E-state index in [1.165, 1.54) is 32.6 Å². The number of urea groups is 1. The van der Waals surface area contributed by atoms with Crippen LogP contribution in [0.25, 0.3) is 0 Å². The summed E-state index contributed by atoms with van der Waals surface area (Å²) < 4.78 is 28.4. The highest BCUT2D eigenvalue weighted by atomic mass is 127. The first-order valence-corrected chi connectivity index (χ1v) is 15.4. The van der Waals surface area contributed by atoms with Gasteiger partial charge in [-0.3, -0.25) is 14.9 Å². The third-order valence-electron chi connectivity index (χ3n) is 6.83. The summed E-state index contributed by atoms with van der Waals surface area (Å²) in [6.07, 6.45) is 1.43. The van der Waals surface area contributed by atoms with E-state index in [1.807, 2.05) is 0 Å². The number of nitro groups is 1. The molecule has 0 fully saturated rings. The van der Waals surface area contributed by atoms with E-state index < -0.39 is 28.9 Å². The molecule has 0 aliphatic carbocycles. The Morgan fingerprint density at radius 3 is 2.44 bits per heavy atom. The topological polar surface area (TPSA) is 189 Å². The van der Waals surface area contributed by atoms with Gasteiger partial charge in [-0.1, -0.05) is 6.07 Å². The second kappa shape index (κ2) is 16.4. The van der Waals surface area contributed by atoms with Gasteiger partial charge in [0.25, 0.3) is 11.6 Å². The predicted octanol–water partition coefficient (Wildman–Crippen LogP) is 4.52. The maximum atomic E-state index is 12.6. The van der Waals surface area contributed by atoms with Gasteiger partial charge in [0, 0.05) is 17.8 Å². The summed E-state index contributed by atoms with van der Waals surface area (Å²) in [4.78, 5) is 47.7. The average molecular weight is 774 g/mol. The summed E-state index contributed by atoms with van der Waals surface area (Å²) in [5, 5.41) is 20.2. The number of ether oxygens (including phenoxy) is 5. The first kappa shape index (κ1) is 35.5. The molecule has 3 amide bonds. The van der Waals surface area contributed by atoms with Crippen LogP contribution in [0, 0.1) is 13.7 Å². The number of hydrogen-bond acceptors (Lipinski definition) is 11. The van der Waals surface area contributed by atoms with E-state index in [0.717, 1.165) is 5.56 Å². The molecule has 3 aromatic rings. The van der Waals surface area contributed by atoms with Crippen LogP contribution in [0.1, 0.15) is 36.6 Å². The van der Waals surface area contributed by atoms with Crippen LogP contribution < -0.4 is 35.0 Å². The van der Waals surface area contributed by atoms with Gasteiger partial charge < -0.3 is 34.3 Å². The maximum absolute atomic E-state index is 12.6. The van der Waals surface area contributed by atoms with Gasteiger partial charge >= 0.3 is 12.0 Å². The Labute approximate surface area is 288 Å². The smallest absolute Gasteiger partial charge is 0.338 e. The lowest BCUT2D eigenvalue weighted by Gasteiger charge is -2.28. The summed E-state index contributed by atoms with van der Waals surface area (Å²) in [5.41, 5.74) is 4.92. The summed E-state index contributed by atoms with van der Waals surface area (Å²) in [6, 6.07) is 13.1. The lowest BCUT2D eigenvalue weighted by Crippen LogP contribution is -2.45. The molecule has 4 rings (SSSR count). The van der Waals surface area contributed by atoms with E-state index in [-0.39, 0.29) is 42.6 Å². The van der Waals surface area contributed by atoms with Crippen LogP contribution in [0.3, 0.4) is 0 Å². The fourth-order valence-corrected chi connectivity index (χ4v) is 5.37. The summed E-state index contributed by atoms with van der Waals surface area (Å²) in [7, 11) is 2.91. The predicted molar refractivity (Wildman–Crippen MR) is 181 cm³/mol. The van der Waals surface area contributed by atoms with E-state index in [2.05, 4.69) is 43.8 Å². The van der Waals surface area contributed by atoms with Crippen LogP contribution in [0.2, 0.25) is 0 Å². The third-order valence-corrected chi connectivity index (χ3v) is 7.63. The fourth-order valence-electron chi connectivity index (χ4n) is 4.58. The SMILES string of the molecule is CCOC(=O)C1=C(C)NC(=O)N[C@H]1c1ccc(OCC(=O)N/N=C\c2cc(I)c(OCc3ccc([N+](=O)[O-])cc3)c(OC)c2)c(OC)c1. The van der Waals surface area contributed by atoms with Crippen LogP contribution >= 0.6 is 22.6 Å². The van der Waals surface area contributed by atoms with Crippen LogP contribution in [-0.2, 0) is 20.9 Å². The van der Waals surface area contributed by atoms with E-state index in [9.17, 15) is 24.5 Å². The van der Waals surface area contributed by atoms with Crippen molar-refractivity contribution in [1.29, 1.82) is 0 Å². The van der Waals surface area contributed by atoms with Gasteiger partial charge in [-0.25, -0.2) is 15.0 Å². The van der Waals surface area contributed by atoms with Crippen molar-refractivity contribution < 1.29 is 43.0 Å². The van der Waals surface area contributed by atoms with Gasteiger partial charge in [-0.15, -0.1) is 0 Å². The number of esters is 1. The molecule has 1 aliphatic rings. The van der Waals surface area contributed by atoms with Crippen LogP contribution in [-0.4, -0.2) is 56.5 Å². The number of halogens is 1. The Morgan fingerprint density at radius 2 is 1.77 bits per heavy atom. The molecule has 1 aliphatic heterocycles. The molecule has 3 N–H and O–H groups in total. The minimum Gasteiger partial charge on any atom is -0.493 e. The lowest BCUT2D eigenvalue weighted by atomic mass is 9.95. The van der Waals surface area contributed by atoms with Crippen molar-refractivity contribution in [2.45, 2.75) is 26.5 Å². The van der Waals surface area contributed by atoms with Crippen molar-refractivity contribution >= 4 is 52.4 Å². The van der Waals surface area contributed by atoms with Crippen LogP contribution in [0.15, 0.2) is 71.0 Å². The molecule has 48 heavy (non-hydrogen) atoms. The van der Waals surface area contributed by atoms with Gasteiger partial charge in [-0.2, -0.15) is 5.10 Å². The largest absolute Gasteiger partial charge is 0.493 e. The third kappa shape index (κ3) is 8.90. The van der Waals surface area contributed by atoms with Crippen molar-refractivity contribution in [3.63, 3.8) is 0 Å². The average Bonchev–Trinajstić information content (AvgIpc) is 3.06. The standard InChI is InChI=1S/C32H32IN5O10/c1-5-46-31(40)28-18(2)35-32(41)36-29(28)21-8-11-24(25(14-21)44-3)47-17-27(39)37-34-15-20-12-23(33)30(26(13-20)45-4)48-16-19-6-9-22(10-7-19)38(42)43/h6-15,29H,5,16-17H2,1-4H3,(H,37,39)(H2,35,36,41)/b34-15-/t29-/m0/s1. The molecule has 252 valence electrons. The van der Waals surface area contributed by atoms with Gasteiger partial charge in [0.1, 0.15) is 6.61 Å². The van der Waals surface area contributed by atoms with E-state index in [0.29, 0.717) is 31.9 Å². The number of nitro benzene ring substituents is 1. The quantitative estimate of drug-likeness (QED) is 0.0691. The van der Waals surface area contributed by atoms with Crippen molar-refractivity contribution in [1.82, 2.24) is 16.1 Å². The molecule has 0 spiro atoms. The summed E-state index contributed by atoms with van der Waals surface area (Å²) in [5.74, 6) is 0.325. The monoisotopic (exact) mass is 773 g/mol. The molecule has 3 aromatic carbocycles. The van der Waals surface area contributed by atoms with Crippen molar-refractivity contribution in [3.8, 4) is 23.0 Å². The molecule has 0 aromatic heterocycles. The Morgan fingerprint density at radius 1 is 1.04 bits per heavy atom. The second-order valence-electron chi connectivity index (χ2n) is 10.0. The molecule has 0 saturated heterocycles. The Balaban J connectivity index is 1.36. The Bertz CT molecular complexity index is 1760. The van der Waals surface area contributed by atoms with Crippen LogP contribution in [0.4, 0.5) is 10.5 Å². The van der Waals surface area contributed by atoms with Crippen LogP contribution in [0.5, 0.6) is 23.0 Å². The number of hydrazone groups is 1. The number of methoxy groups -OCH3 is 2. The zero-order chi connectivity index (χ0) is 34.8. The van der Waals surface area contributed by atoms with E-state index in [4.69, 9.17) is 23.7 Å². The number of amides is 3. The van der Waals surface area contributed by atoms with Gasteiger partial charge in [0.2, 0.25) is 0 Å². The van der Waals surface area contributed by atoms with Crippen molar-refractivity contribution in [2.24, 2.45) is 5.10 Å². The zero-order valence-electron chi connectivity index (χ0n) is 26.3. The zero-order valence-corrected chi connectivity index (χ0v) is 28.5.